The van der Waals surface area contributed by atoms with Gasteiger partial charge in [0.05, 0.1) is 0 Å². The van der Waals surface area contributed by atoms with Gasteiger partial charge in [-0.25, -0.2) is 0 Å². The zero-order chi connectivity index (χ0) is 11.3. The second-order valence-electron chi connectivity index (χ2n) is 4.99. The molecule has 0 N–H and O–H groups in total. The van der Waals surface area contributed by atoms with Crippen LogP contribution in [0.5, 0.6) is 0 Å². The van der Waals surface area contributed by atoms with Crippen molar-refractivity contribution in [2.24, 2.45) is 11.3 Å². The van der Waals surface area contributed by atoms with Gasteiger partial charge in [0.15, 0.2) is 0 Å². The van der Waals surface area contributed by atoms with Crippen LogP contribution in [0.25, 0.3) is 0 Å². The van der Waals surface area contributed by atoms with Gasteiger partial charge in [0.1, 0.15) is 6.29 Å². The van der Waals surface area contributed by atoms with Crippen molar-refractivity contribution in [3.8, 4) is 0 Å². The van der Waals surface area contributed by atoms with Crippen molar-refractivity contribution < 1.29 is 4.79 Å². The van der Waals surface area contributed by atoms with Crippen molar-refractivity contribution in [3.63, 3.8) is 0 Å². The molecule has 0 spiro atoms. The van der Waals surface area contributed by atoms with Gasteiger partial charge in [-0.1, -0.05) is 37.6 Å². The van der Waals surface area contributed by atoms with Crippen LogP contribution in [0.1, 0.15) is 46.5 Å². The van der Waals surface area contributed by atoms with E-state index in [1.165, 1.54) is 12.0 Å². The monoisotopic (exact) mass is 206 g/mol. The number of carbonyl (C=O) groups is 1. The summed E-state index contributed by atoms with van der Waals surface area (Å²) in [6.45, 7) is 6.89. The van der Waals surface area contributed by atoms with Gasteiger partial charge < -0.3 is 4.79 Å². The Kier molecular flexibility index (Phi) is 4.31. The van der Waals surface area contributed by atoms with E-state index in [1.807, 2.05) is 0 Å². The zero-order valence-electron chi connectivity index (χ0n) is 10.1. The van der Waals surface area contributed by atoms with E-state index in [0.717, 1.165) is 25.0 Å². The van der Waals surface area contributed by atoms with Crippen LogP contribution in [-0.4, -0.2) is 6.29 Å². The minimum Gasteiger partial charge on any atom is -0.303 e. The highest BCUT2D eigenvalue weighted by Crippen LogP contribution is 2.44. The van der Waals surface area contributed by atoms with Crippen LogP contribution in [0.3, 0.4) is 0 Å². The average Bonchev–Trinajstić information content (AvgIpc) is 2.44. The van der Waals surface area contributed by atoms with E-state index >= 15 is 0 Å². The van der Waals surface area contributed by atoms with Gasteiger partial charge in [-0.2, -0.15) is 0 Å². The molecule has 15 heavy (non-hydrogen) atoms. The Morgan fingerprint density at radius 2 is 2.13 bits per heavy atom. The Morgan fingerprint density at radius 3 is 2.67 bits per heavy atom. The summed E-state index contributed by atoms with van der Waals surface area (Å²) in [6.07, 6.45) is 11.6. The van der Waals surface area contributed by atoms with Gasteiger partial charge in [0.2, 0.25) is 0 Å². The fourth-order valence-electron chi connectivity index (χ4n) is 2.13. The maximum Gasteiger partial charge on any atom is 0.120 e. The summed E-state index contributed by atoms with van der Waals surface area (Å²) in [5.41, 5.74) is 1.88. The average molecular weight is 206 g/mol. The van der Waals surface area contributed by atoms with E-state index in [9.17, 15) is 4.79 Å². The molecule has 1 rings (SSSR count). The Hall–Kier alpha value is -0.850. The molecule has 0 aromatic carbocycles. The molecule has 1 nitrogen and oxygen atoms in total. The largest absolute Gasteiger partial charge is 0.303 e. The number of carbonyl (C=O) groups excluding carboxylic acids is 1. The highest BCUT2D eigenvalue weighted by Gasteiger charge is 2.33. The first-order chi connectivity index (χ1) is 7.09. The minimum absolute atomic E-state index is 0.356. The van der Waals surface area contributed by atoms with Crippen LogP contribution in [0.15, 0.2) is 23.8 Å². The molecule has 0 aliphatic heterocycles. The molecule has 0 saturated heterocycles. The summed E-state index contributed by atoms with van der Waals surface area (Å²) in [5.74, 6) is 0.741. The van der Waals surface area contributed by atoms with Crippen molar-refractivity contribution in [3.05, 3.63) is 23.8 Å². The van der Waals surface area contributed by atoms with Gasteiger partial charge in [-0.05, 0) is 37.5 Å². The van der Waals surface area contributed by atoms with E-state index in [-0.39, 0.29) is 0 Å². The molecular weight excluding hydrogens is 184 g/mol. The lowest BCUT2D eigenvalue weighted by Crippen LogP contribution is -2.19. The SMILES string of the molecule is CC1=CC[C@H](C/C=C/CCC=O)C1(C)C. The van der Waals surface area contributed by atoms with E-state index < -0.39 is 0 Å². The molecule has 0 saturated carbocycles. The Labute approximate surface area is 93.3 Å². The fraction of sp³-hybridized carbons (Fsp3) is 0.643. The van der Waals surface area contributed by atoms with Gasteiger partial charge in [0.25, 0.3) is 0 Å². The maximum atomic E-state index is 10.1. The van der Waals surface area contributed by atoms with Crippen molar-refractivity contribution in [1.82, 2.24) is 0 Å². The van der Waals surface area contributed by atoms with Crippen molar-refractivity contribution >= 4 is 6.29 Å². The summed E-state index contributed by atoms with van der Waals surface area (Å²) in [7, 11) is 0. The smallest absolute Gasteiger partial charge is 0.120 e. The molecule has 0 aromatic rings. The maximum absolute atomic E-state index is 10.1. The second-order valence-corrected chi connectivity index (χ2v) is 4.99. The molecule has 1 aliphatic carbocycles. The highest BCUT2D eigenvalue weighted by molar-refractivity contribution is 5.49. The minimum atomic E-state index is 0.356. The number of allylic oxidation sites excluding steroid dienone is 4. The summed E-state index contributed by atoms with van der Waals surface area (Å²) < 4.78 is 0. The first-order valence-corrected chi connectivity index (χ1v) is 5.85. The molecular formula is C14H22O. The molecule has 1 heteroatoms. The molecule has 0 radical (unpaired) electrons. The zero-order valence-corrected chi connectivity index (χ0v) is 10.1. The Morgan fingerprint density at radius 1 is 1.40 bits per heavy atom. The standard InChI is InChI=1S/C14H22O/c1-12-9-10-13(14(12,2)3)8-6-4-5-7-11-15/h4,6,9,11,13H,5,7-8,10H2,1-3H3/b6-4+/t13-/m0/s1. The number of hydrogen-bond acceptors (Lipinski definition) is 1. The lowest BCUT2D eigenvalue weighted by molar-refractivity contribution is -0.107. The van der Waals surface area contributed by atoms with Crippen LogP contribution in [0, 0.1) is 11.3 Å². The number of rotatable bonds is 5. The second kappa shape index (κ2) is 5.29. The van der Waals surface area contributed by atoms with Crippen LogP contribution in [-0.2, 0) is 4.79 Å². The van der Waals surface area contributed by atoms with Gasteiger partial charge in [-0.3, -0.25) is 0 Å². The van der Waals surface area contributed by atoms with Gasteiger partial charge >= 0.3 is 0 Å². The summed E-state index contributed by atoms with van der Waals surface area (Å²) >= 11 is 0. The first kappa shape index (κ1) is 12.2. The van der Waals surface area contributed by atoms with Gasteiger partial charge in [0, 0.05) is 6.42 Å². The quantitative estimate of drug-likeness (QED) is 0.379. The van der Waals surface area contributed by atoms with Crippen molar-refractivity contribution in [2.45, 2.75) is 46.5 Å². The third-order valence-corrected chi connectivity index (χ3v) is 3.78. The number of unbranched alkanes of at least 4 members (excludes halogenated alkanes) is 1. The lowest BCUT2D eigenvalue weighted by Gasteiger charge is -2.28. The van der Waals surface area contributed by atoms with E-state index in [0.29, 0.717) is 11.8 Å². The normalized spacial score (nSPS) is 24.5. The van der Waals surface area contributed by atoms with Gasteiger partial charge in [-0.15, -0.1) is 0 Å². The third-order valence-electron chi connectivity index (χ3n) is 3.78. The molecule has 0 fully saturated rings. The molecule has 84 valence electrons. The Balaban J connectivity index is 2.35. The van der Waals surface area contributed by atoms with E-state index in [2.05, 4.69) is 39.0 Å². The molecule has 0 bridgehead atoms. The molecule has 1 atom stereocenters. The first-order valence-electron chi connectivity index (χ1n) is 5.85. The van der Waals surface area contributed by atoms with Crippen LogP contribution < -0.4 is 0 Å². The summed E-state index contributed by atoms with van der Waals surface area (Å²) in [5, 5.41) is 0. The van der Waals surface area contributed by atoms with Crippen molar-refractivity contribution in [2.75, 3.05) is 0 Å². The van der Waals surface area contributed by atoms with E-state index in [1.54, 1.807) is 0 Å². The fourth-order valence-corrected chi connectivity index (χ4v) is 2.13. The molecule has 0 aromatic heterocycles. The summed E-state index contributed by atoms with van der Waals surface area (Å²) in [4.78, 5) is 10.1. The predicted molar refractivity (Wildman–Crippen MR) is 64.7 cm³/mol. The molecule has 0 amide bonds. The lowest BCUT2D eigenvalue weighted by atomic mass is 9.76. The molecule has 0 unspecified atom stereocenters. The topological polar surface area (TPSA) is 17.1 Å². The number of aldehydes is 1. The van der Waals surface area contributed by atoms with Crippen LogP contribution in [0.4, 0.5) is 0 Å². The Bertz CT molecular complexity index is 271. The van der Waals surface area contributed by atoms with Crippen molar-refractivity contribution in [1.29, 1.82) is 0 Å². The molecule has 0 heterocycles. The predicted octanol–water partition coefficient (Wildman–Crippen LogP) is 3.90. The van der Waals surface area contributed by atoms with E-state index in [4.69, 9.17) is 0 Å². The van der Waals surface area contributed by atoms with Crippen LogP contribution in [0.2, 0.25) is 0 Å². The highest BCUT2D eigenvalue weighted by atomic mass is 16.1. The molecule has 1 aliphatic rings. The van der Waals surface area contributed by atoms with Crippen LogP contribution >= 0.6 is 0 Å². The summed E-state index contributed by atoms with van der Waals surface area (Å²) in [6, 6.07) is 0. The third kappa shape index (κ3) is 3.05. The number of hydrogen-bond donors (Lipinski definition) is 0.